The third-order valence-corrected chi connectivity index (χ3v) is 10.1. The van der Waals surface area contributed by atoms with Gasteiger partial charge in [-0.2, -0.15) is 0 Å². The van der Waals surface area contributed by atoms with Crippen molar-refractivity contribution in [2.45, 2.75) is 39.5 Å². The monoisotopic (exact) mass is 779 g/mol. The van der Waals surface area contributed by atoms with Gasteiger partial charge in [0, 0.05) is 50.8 Å². The van der Waals surface area contributed by atoms with Crippen LogP contribution in [0.1, 0.15) is 51.2 Å². The average molecular weight is 780 g/mol. The lowest BCUT2D eigenvalue weighted by Gasteiger charge is -2.15. The van der Waals surface area contributed by atoms with Gasteiger partial charge in [0.1, 0.15) is 11.6 Å². The molecule has 9 rings (SSSR count). The molecule has 0 N–H and O–H groups in total. The summed E-state index contributed by atoms with van der Waals surface area (Å²) in [5, 5.41) is 0. The first kappa shape index (κ1) is 37.9. The lowest BCUT2D eigenvalue weighted by Crippen LogP contribution is -2.05. The Bertz CT molecular complexity index is 2920. The van der Waals surface area contributed by atoms with Gasteiger partial charge in [0.2, 0.25) is 0 Å². The zero-order valence-electron chi connectivity index (χ0n) is 33.8. The molecule has 0 aliphatic rings. The summed E-state index contributed by atoms with van der Waals surface area (Å²) < 4.78 is 0. The second-order valence-corrected chi connectivity index (χ2v) is 15.1. The molecule has 0 atom stereocenters. The SMILES string of the molecule is CC(C)c1nc(-c2ccccc2)nc(-c2cccc(-c3nc(-c4ccccc4)nc(-c4ccc(-c5nc(-c6ccccc6)nc(C(C)C)n5)c(-c5ccccc5)c4)n3)c2)n1. The zero-order valence-corrected chi connectivity index (χ0v) is 33.8. The minimum absolute atomic E-state index is 0.0977. The summed E-state index contributed by atoms with van der Waals surface area (Å²) in [6.45, 7) is 8.38. The summed E-state index contributed by atoms with van der Waals surface area (Å²) in [7, 11) is 0. The summed E-state index contributed by atoms with van der Waals surface area (Å²) in [6.07, 6.45) is 0. The molecule has 290 valence electrons. The third-order valence-electron chi connectivity index (χ3n) is 10.1. The Morgan fingerprint density at radius 2 is 0.567 bits per heavy atom. The fourth-order valence-electron chi connectivity index (χ4n) is 6.87. The van der Waals surface area contributed by atoms with Crippen LogP contribution < -0.4 is 0 Å². The molecule has 9 aromatic rings. The molecule has 3 heterocycles. The molecule has 0 bridgehead atoms. The maximum Gasteiger partial charge on any atom is 0.164 e. The van der Waals surface area contributed by atoms with E-state index in [2.05, 4.69) is 52.0 Å². The highest BCUT2D eigenvalue weighted by molar-refractivity contribution is 5.85. The van der Waals surface area contributed by atoms with Crippen LogP contribution in [0.25, 0.3) is 90.8 Å². The molecule has 0 aliphatic carbocycles. The van der Waals surface area contributed by atoms with Crippen molar-refractivity contribution in [3.63, 3.8) is 0 Å². The molecule has 0 saturated heterocycles. The Hall–Kier alpha value is -7.65. The van der Waals surface area contributed by atoms with Crippen LogP contribution in [0.2, 0.25) is 0 Å². The van der Waals surface area contributed by atoms with Gasteiger partial charge < -0.3 is 0 Å². The standard InChI is InChI=1S/C51H41N9/c1-32(2)43-52-45(35-20-11-6-12-21-35)56-48(54-43)38-26-17-27-39(30-38)49-57-47(37-24-15-8-16-25-37)58-50(59-49)40-28-29-41(42(31-40)34-18-9-5-10-19-34)51-55-44(33(3)4)53-46(60-51)36-22-13-7-14-23-36/h5-33H,1-4H3. The number of hydrogen-bond acceptors (Lipinski definition) is 9. The maximum atomic E-state index is 5.16. The van der Waals surface area contributed by atoms with Gasteiger partial charge in [0.25, 0.3) is 0 Å². The van der Waals surface area contributed by atoms with Crippen LogP contribution in [-0.2, 0) is 0 Å². The minimum Gasteiger partial charge on any atom is -0.213 e. The predicted octanol–water partition coefficient (Wildman–Crippen LogP) is 11.8. The summed E-state index contributed by atoms with van der Waals surface area (Å²) in [5.74, 6) is 5.74. The van der Waals surface area contributed by atoms with Crippen molar-refractivity contribution >= 4 is 0 Å². The highest BCUT2D eigenvalue weighted by Gasteiger charge is 2.20. The van der Waals surface area contributed by atoms with E-state index < -0.39 is 0 Å². The Morgan fingerprint density at radius 3 is 1.00 bits per heavy atom. The summed E-state index contributed by atoms with van der Waals surface area (Å²) in [4.78, 5) is 44.9. The van der Waals surface area contributed by atoms with Crippen molar-refractivity contribution in [1.82, 2.24) is 44.9 Å². The van der Waals surface area contributed by atoms with Gasteiger partial charge in [-0.1, -0.05) is 173 Å². The number of nitrogens with zero attached hydrogens (tertiary/aromatic N) is 9. The van der Waals surface area contributed by atoms with Crippen LogP contribution >= 0.6 is 0 Å². The van der Waals surface area contributed by atoms with E-state index in [-0.39, 0.29) is 11.8 Å². The van der Waals surface area contributed by atoms with Crippen molar-refractivity contribution in [1.29, 1.82) is 0 Å². The smallest absolute Gasteiger partial charge is 0.164 e. The van der Waals surface area contributed by atoms with E-state index in [0.29, 0.717) is 40.8 Å². The van der Waals surface area contributed by atoms with Crippen molar-refractivity contribution in [2.75, 3.05) is 0 Å². The summed E-state index contributed by atoms with van der Waals surface area (Å²) in [6, 6.07) is 54.6. The Kier molecular flexibility index (Phi) is 10.5. The van der Waals surface area contributed by atoms with Crippen molar-refractivity contribution < 1.29 is 0 Å². The highest BCUT2D eigenvalue weighted by Crippen LogP contribution is 2.36. The summed E-state index contributed by atoms with van der Waals surface area (Å²) in [5.41, 5.74) is 8.05. The molecule has 0 amide bonds. The molecule has 6 aromatic carbocycles. The first-order chi connectivity index (χ1) is 29.4. The molecule has 0 spiro atoms. The lowest BCUT2D eigenvalue weighted by atomic mass is 9.96. The van der Waals surface area contributed by atoms with Crippen molar-refractivity contribution in [2.24, 2.45) is 0 Å². The second kappa shape index (κ2) is 16.7. The van der Waals surface area contributed by atoms with Crippen LogP contribution in [-0.4, -0.2) is 44.9 Å². The van der Waals surface area contributed by atoms with Crippen LogP contribution in [0.4, 0.5) is 0 Å². The maximum absolute atomic E-state index is 5.16. The highest BCUT2D eigenvalue weighted by atomic mass is 15.1. The quantitative estimate of drug-likeness (QED) is 0.134. The van der Waals surface area contributed by atoms with Crippen molar-refractivity contribution in [3.8, 4) is 90.8 Å². The van der Waals surface area contributed by atoms with Crippen molar-refractivity contribution in [3.05, 3.63) is 175 Å². The second-order valence-electron chi connectivity index (χ2n) is 15.1. The molecular formula is C51H41N9. The topological polar surface area (TPSA) is 116 Å². The largest absolute Gasteiger partial charge is 0.213 e. The van der Waals surface area contributed by atoms with Gasteiger partial charge in [-0.3, -0.25) is 0 Å². The van der Waals surface area contributed by atoms with E-state index in [0.717, 1.165) is 61.7 Å². The van der Waals surface area contributed by atoms with Gasteiger partial charge in [-0.05, 0) is 29.3 Å². The first-order valence-corrected chi connectivity index (χ1v) is 20.1. The van der Waals surface area contributed by atoms with E-state index in [1.54, 1.807) is 0 Å². The van der Waals surface area contributed by atoms with E-state index >= 15 is 0 Å². The lowest BCUT2D eigenvalue weighted by molar-refractivity contribution is 0.766. The fourth-order valence-corrected chi connectivity index (χ4v) is 6.87. The normalized spacial score (nSPS) is 11.3. The van der Waals surface area contributed by atoms with Gasteiger partial charge in [0.15, 0.2) is 40.8 Å². The Morgan fingerprint density at radius 1 is 0.250 bits per heavy atom. The molecule has 0 fully saturated rings. The van der Waals surface area contributed by atoms with Gasteiger partial charge >= 0.3 is 0 Å². The van der Waals surface area contributed by atoms with Gasteiger partial charge in [-0.15, -0.1) is 0 Å². The Balaban J connectivity index is 1.19. The molecule has 0 aliphatic heterocycles. The molecule has 3 aromatic heterocycles. The number of aromatic nitrogens is 9. The van der Waals surface area contributed by atoms with Crippen LogP contribution in [0.5, 0.6) is 0 Å². The van der Waals surface area contributed by atoms with E-state index in [9.17, 15) is 0 Å². The van der Waals surface area contributed by atoms with Gasteiger partial charge in [-0.25, -0.2) is 44.9 Å². The van der Waals surface area contributed by atoms with Gasteiger partial charge in [0.05, 0.1) is 0 Å². The zero-order chi connectivity index (χ0) is 41.0. The van der Waals surface area contributed by atoms with Crippen LogP contribution in [0.15, 0.2) is 164 Å². The molecule has 9 nitrogen and oxygen atoms in total. The molecule has 9 heteroatoms. The van der Waals surface area contributed by atoms with E-state index in [4.69, 9.17) is 44.9 Å². The Labute approximate surface area is 349 Å². The number of hydrogen-bond donors (Lipinski definition) is 0. The van der Waals surface area contributed by atoms with Crippen LogP contribution in [0.3, 0.4) is 0 Å². The molecule has 0 radical (unpaired) electrons. The third kappa shape index (κ3) is 8.06. The molecule has 0 saturated carbocycles. The molecular weight excluding hydrogens is 739 g/mol. The summed E-state index contributed by atoms with van der Waals surface area (Å²) >= 11 is 0. The fraction of sp³-hybridized carbons (Fsp3) is 0.118. The van der Waals surface area contributed by atoms with E-state index in [1.807, 2.05) is 140 Å². The molecule has 0 unspecified atom stereocenters. The predicted molar refractivity (Wildman–Crippen MR) is 238 cm³/mol. The van der Waals surface area contributed by atoms with Crippen LogP contribution in [0, 0.1) is 0 Å². The molecule has 60 heavy (non-hydrogen) atoms. The number of rotatable bonds is 10. The van der Waals surface area contributed by atoms with E-state index in [1.165, 1.54) is 0 Å². The minimum atomic E-state index is 0.0977. The number of benzene rings is 6. The first-order valence-electron chi connectivity index (χ1n) is 20.1. The average Bonchev–Trinajstić information content (AvgIpc) is 3.32.